The van der Waals surface area contributed by atoms with Gasteiger partial charge in [0.2, 0.25) is 0 Å². The van der Waals surface area contributed by atoms with Crippen LogP contribution in [0.4, 0.5) is 5.69 Å². The van der Waals surface area contributed by atoms with E-state index in [1.165, 1.54) is 18.4 Å². The smallest absolute Gasteiger partial charge is 0.251 e. The number of halogens is 2. The lowest BCUT2D eigenvalue weighted by molar-refractivity contribution is 0.0936. The summed E-state index contributed by atoms with van der Waals surface area (Å²) in [6, 6.07) is 17.8. The first-order chi connectivity index (χ1) is 12.1. The molecular formula is C21H29Cl2N3O. The monoisotopic (exact) mass is 409 g/mol. The van der Waals surface area contributed by atoms with Gasteiger partial charge in [0, 0.05) is 29.4 Å². The van der Waals surface area contributed by atoms with Crippen molar-refractivity contribution in [2.45, 2.75) is 44.2 Å². The zero-order valence-electron chi connectivity index (χ0n) is 15.6. The molecule has 1 aliphatic rings. The number of hydrogen-bond donors (Lipinski definition) is 3. The second-order valence-corrected chi connectivity index (χ2v) is 7.07. The fourth-order valence-electron chi connectivity index (χ4n) is 3.74. The van der Waals surface area contributed by atoms with E-state index in [-0.39, 0.29) is 42.3 Å². The highest BCUT2D eigenvalue weighted by Crippen LogP contribution is 2.32. The Kier molecular flexibility index (Phi) is 9.10. The quantitative estimate of drug-likeness (QED) is 0.614. The lowest BCUT2D eigenvalue weighted by atomic mass is 9.94. The molecule has 1 unspecified atom stereocenters. The third-order valence-electron chi connectivity index (χ3n) is 5.12. The minimum Gasteiger partial charge on any atom is -0.399 e. The van der Waals surface area contributed by atoms with E-state index < -0.39 is 0 Å². The highest BCUT2D eigenvalue weighted by molar-refractivity contribution is 5.95. The number of hydrogen-bond acceptors (Lipinski definition) is 3. The van der Waals surface area contributed by atoms with E-state index >= 15 is 0 Å². The number of amides is 1. The Hall–Kier alpha value is -1.75. The summed E-state index contributed by atoms with van der Waals surface area (Å²) in [7, 11) is 0. The molecule has 27 heavy (non-hydrogen) atoms. The number of rotatable bonds is 6. The van der Waals surface area contributed by atoms with Crippen molar-refractivity contribution in [2.24, 2.45) is 0 Å². The third-order valence-corrected chi connectivity index (χ3v) is 5.12. The Morgan fingerprint density at radius 1 is 1.07 bits per heavy atom. The van der Waals surface area contributed by atoms with Gasteiger partial charge in [-0.1, -0.05) is 49.2 Å². The summed E-state index contributed by atoms with van der Waals surface area (Å²) in [6.07, 6.45) is 4.56. The van der Waals surface area contributed by atoms with Crippen molar-refractivity contribution >= 4 is 36.4 Å². The molecule has 0 heterocycles. The molecular weight excluding hydrogens is 381 g/mol. The van der Waals surface area contributed by atoms with Gasteiger partial charge < -0.3 is 16.4 Å². The van der Waals surface area contributed by atoms with E-state index in [0.29, 0.717) is 17.8 Å². The molecule has 0 bridgehead atoms. The summed E-state index contributed by atoms with van der Waals surface area (Å²) in [4.78, 5) is 12.5. The van der Waals surface area contributed by atoms with Crippen molar-refractivity contribution in [2.75, 3.05) is 12.3 Å². The molecule has 1 fully saturated rings. The Labute approximate surface area is 174 Å². The Morgan fingerprint density at radius 2 is 1.74 bits per heavy atom. The molecule has 4 nitrogen and oxygen atoms in total. The Balaban J connectivity index is 0.00000182. The third kappa shape index (κ3) is 6.13. The standard InChI is InChI=1S/C21H27N3O.2ClH/c1-16(17-8-3-2-4-9-17)24-21(12-5-6-13-21)15-23-20(25)18-10-7-11-19(22)14-18;;/h2-4,7-11,14,16,24H,5-6,12-13,15,22H2,1H3,(H,23,25);2*1H. The Bertz CT molecular complexity index is 718. The minimum atomic E-state index is -0.0623. The zero-order valence-corrected chi connectivity index (χ0v) is 17.2. The lowest BCUT2D eigenvalue weighted by Gasteiger charge is -2.34. The highest BCUT2D eigenvalue weighted by atomic mass is 35.5. The van der Waals surface area contributed by atoms with Crippen molar-refractivity contribution in [1.82, 2.24) is 10.6 Å². The van der Waals surface area contributed by atoms with E-state index in [1.54, 1.807) is 18.2 Å². The van der Waals surface area contributed by atoms with E-state index in [4.69, 9.17) is 5.73 Å². The van der Waals surface area contributed by atoms with Crippen molar-refractivity contribution in [1.29, 1.82) is 0 Å². The average Bonchev–Trinajstić information content (AvgIpc) is 3.09. The van der Waals surface area contributed by atoms with E-state index in [2.05, 4.69) is 41.8 Å². The van der Waals surface area contributed by atoms with Crippen LogP contribution in [0.3, 0.4) is 0 Å². The molecule has 0 saturated heterocycles. The van der Waals surface area contributed by atoms with Gasteiger partial charge in [-0.2, -0.15) is 0 Å². The second-order valence-electron chi connectivity index (χ2n) is 7.07. The molecule has 6 heteroatoms. The predicted molar refractivity (Wildman–Crippen MR) is 117 cm³/mol. The molecule has 0 aliphatic heterocycles. The molecule has 4 N–H and O–H groups in total. The fourth-order valence-corrected chi connectivity index (χ4v) is 3.74. The molecule has 0 aromatic heterocycles. The normalized spacial score (nSPS) is 15.9. The first-order valence-corrected chi connectivity index (χ1v) is 9.04. The maximum Gasteiger partial charge on any atom is 0.251 e. The van der Waals surface area contributed by atoms with Gasteiger partial charge in [-0.15, -0.1) is 24.8 Å². The predicted octanol–water partition coefficient (Wildman–Crippen LogP) is 4.51. The van der Waals surface area contributed by atoms with Crippen LogP contribution in [0.25, 0.3) is 0 Å². The molecule has 1 amide bonds. The largest absolute Gasteiger partial charge is 0.399 e. The van der Waals surface area contributed by atoms with E-state index in [1.807, 2.05) is 12.1 Å². The summed E-state index contributed by atoms with van der Waals surface area (Å²) in [5.74, 6) is -0.0623. The minimum absolute atomic E-state index is 0. The number of anilines is 1. The summed E-state index contributed by atoms with van der Waals surface area (Å²) >= 11 is 0. The maximum absolute atomic E-state index is 12.5. The molecule has 0 spiro atoms. The number of carbonyl (C=O) groups is 1. The topological polar surface area (TPSA) is 67.1 Å². The fraction of sp³-hybridized carbons (Fsp3) is 0.381. The van der Waals surface area contributed by atoms with Crippen molar-refractivity contribution in [3.8, 4) is 0 Å². The van der Waals surface area contributed by atoms with Crippen LogP contribution < -0.4 is 16.4 Å². The number of nitrogens with one attached hydrogen (secondary N) is 2. The molecule has 2 aromatic rings. The van der Waals surface area contributed by atoms with Crippen LogP contribution in [0.15, 0.2) is 54.6 Å². The second kappa shape index (κ2) is 10.5. The average molecular weight is 410 g/mol. The summed E-state index contributed by atoms with van der Waals surface area (Å²) in [5.41, 5.74) is 8.24. The molecule has 1 aliphatic carbocycles. The van der Waals surface area contributed by atoms with E-state index in [0.717, 1.165) is 12.8 Å². The number of nitrogens with two attached hydrogens (primary N) is 1. The molecule has 2 aromatic carbocycles. The summed E-state index contributed by atoms with van der Waals surface area (Å²) in [5, 5.41) is 6.90. The number of nitrogen functional groups attached to an aromatic ring is 1. The van der Waals surface area contributed by atoms with Crippen LogP contribution in [0.5, 0.6) is 0 Å². The van der Waals surface area contributed by atoms with Crippen LogP contribution in [-0.4, -0.2) is 18.0 Å². The summed E-state index contributed by atoms with van der Waals surface area (Å²) in [6.45, 7) is 2.83. The van der Waals surface area contributed by atoms with Crippen LogP contribution in [0.2, 0.25) is 0 Å². The van der Waals surface area contributed by atoms with Crippen LogP contribution in [-0.2, 0) is 0 Å². The van der Waals surface area contributed by atoms with Gasteiger partial charge in [0.15, 0.2) is 0 Å². The van der Waals surface area contributed by atoms with Crippen LogP contribution in [0.1, 0.15) is 54.6 Å². The SMILES string of the molecule is CC(NC1(CNC(=O)c2cccc(N)c2)CCCC1)c1ccccc1.Cl.Cl. The van der Waals surface area contributed by atoms with Gasteiger partial charge in [0.1, 0.15) is 0 Å². The Morgan fingerprint density at radius 3 is 2.37 bits per heavy atom. The van der Waals surface area contributed by atoms with Crippen molar-refractivity contribution in [3.63, 3.8) is 0 Å². The first kappa shape index (κ1) is 23.3. The van der Waals surface area contributed by atoms with Crippen molar-refractivity contribution < 1.29 is 4.79 Å². The van der Waals surface area contributed by atoms with E-state index in [9.17, 15) is 4.79 Å². The molecule has 1 atom stereocenters. The van der Waals surface area contributed by atoms with Gasteiger partial charge in [-0.05, 0) is 43.5 Å². The van der Waals surface area contributed by atoms with Gasteiger partial charge in [0.05, 0.1) is 0 Å². The number of benzene rings is 2. The van der Waals surface area contributed by atoms with Crippen LogP contribution >= 0.6 is 24.8 Å². The zero-order chi connectivity index (χ0) is 17.7. The summed E-state index contributed by atoms with van der Waals surface area (Å²) < 4.78 is 0. The van der Waals surface area contributed by atoms with Gasteiger partial charge in [0.25, 0.3) is 5.91 Å². The van der Waals surface area contributed by atoms with Crippen LogP contribution in [0, 0.1) is 0 Å². The molecule has 1 saturated carbocycles. The first-order valence-electron chi connectivity index (χ1n) is 9.04. The van der Waals surface area contributed by atoms with Gasteiger partial charge >= 0.3 is 0 Å². The van der Waals surface area contributed by atoms with Crippen molar-refractivity contribution in [3.05, 3.63) is 65.7 Å². The highest BCUT2D eigenvalue weighted by Gasteiger charge is 2.35. The van der Waals surface area contributed by atoms with Gasteiger partial charge in [-0.3, -0.25) is 4.79 Å². The number of carbonyl (C=O) groups excluding carboxylic acids is 1. The maximum atomic E-state index is 12.5. The van der Waals surface area contributed by atoms with Gasteiger partial charge in [-0.25, -0.2) is 0 Å². The molecule has 148 valence electrons. The molecule has 3 rings (SSSR count). The lowest BCUT2D eigenvalue weighted by Crippen LogP contribution is -2.52. The molecule has 0 radical (unpaired) electrons.